The number of benzene rings is 1. The van der Waals surface area contributed by atoms with Gasteiger partial charge in [0.2, 0.25) is 5.79 Å². The number of nitrogens with zero attached hydrogens (tertiary/aromatic N) is 1. The van der Waals surface area contributed by atoms with E-state index in [1.807, 2.05) is 0 Å². The van der Waals surface area contributed by atoms with E-state index in [4.69, 9.17) is 14.2 Å². The Morgan fingerprint density at radius 3 is 2.50 bits per heavy atom. The molecule has 46 heavy (non-hydrogen) atoms. The van der Waals surface area contributed by atoms with Gasteiger partial charge < -0.3 is 44.8 Å². The van der Waals surface area contributed by atoms with E-state index in [0.717, 1.165) is 19.4 Å². The average molecular weight is 644 g/mol. The zero-order chi connectivity index (χ0) is 32.8. The first-order chi connectivity index (χ1) is 21.6. The number of aliphatic hydroxyl groups is 5. The number of aromatic hydroxyl groups is 1. The van der Waals surface area contributed by atoms with E-state index in [1.165, 1.54) is 25.3 Å². The summed E-state index contributed by atoms with van der Waals surface area (Å²) < 4.78 is 18.0. The van der Waals surface area contributed by atoms with Gasteiger partial charge in [0.05, 0.1) is 30.0 Å². The number of esters is 1. The van der Waals surface area contributed by atoms with Crippen molar-refractivity contribution in [3.05, 3.63) is 23.8 Å². The summed E-state index contributed by atoms with van der Waals surface area (Å²) in [5, 5.41) is 70.9. The van der Waals surface area contributed by atoms with E-state index >= 15 is 0 Å². The predicted molar refractivity (Wildman–Crippen MR) is 163 cm³/mol. The highest BCUT2D eigenvalue weighted by atomic mass is 16.7. The number of carbonyl (C=O) groups is 1. The van der Waals surface area contributed by atoms with E-state index < -0.39 is 70.0 Å². The van der Waals surface area contributed by atoms with Crippen molar-refractivity contribution >= 4 is 5.97 Å². The molecule has 1 aromatic rings. The number of phenolic OH excluding ortho intramolecular Hbond substituents is 1. The molecular formula is C35H49NO10. The summed E-state index contributed by atoms with van der Waals surface area (Å²) in [7, 11) is 1.39. The molecule has 0 aromatic heterocycles. The van der Waals surface area contributed by atoms with Crippen molar-refractivity contribution in [3.8, 4) is 11.5 Å². The van der Waals surface area contributed by atoms with E-state index in [-0.39, 0.29) is 34.9 Å². The van der Waals surface area contributed by atoms with Crippen LogP contribution in [0.1, 0.15) is 76.1 Å². The molecule has 4 aliphatic carbocycles. The topological polar surface area (TPSA) is 169 Å². The molecule has 4 saturated carbocycles. The van der Waals surface area contributed by atoms with Crippen molar-refractivity contribution < 1.29 is 49.6 Å². The molecule has 3 aliphatic heterocycles. The maximum atomic E-state index is 13.3. The summed E-state index contributed by atoms with van der Waals surface area (Å²) in [4.78, 5) is 15.7. The van der Waals surface area contributed by atoms with E-state index in [0.29, 0.717) is 44.6 Å². The van der Waals surface area contributed by atoms with Gasteiger partial charge in [0.25, 0.3) is 0 Å². The van der Waals surface area contributed by atoms with Gasteiger partial charge in [-0.2, -0.15) is 0 Å². The van der Waals surface area contributed by atoms with E-state index in [9.17, 15) is 35.4 Å². The normalized spacial score (nSPS) is 53.8. The average Bonchev–Trinajstić information content (AvgIpc) is 3.25. The van der Waals surface area contributed by atoms with Crippen LogP contribution < -0.4 is 4.74 Å². The molecule has 3 heterocycles. The van der Waals surface area contributed by atoms with Gasteiger partial charge in [0, 0.05) is 42.3 Å². The third kappa shape index (κ3) is 3.66. The number of carbonyl (C=O) groups excluding carboxylic acids is 1. The highest BCUT2D eigenvalue weighted by Crippen LogP contribution is 2.77. The fourth-order valence-electron chi connectivity index (χ4n) is 12.5. The van der Waals surface area contributed by atoms with Crippen LogP contribution in [0.25, 0.3) is 0 Å². The lowest BCUT2D eigenvalue weighted by molar-refractivity contribution is -0.290. The maximum absolute atomic E-state index is 13.3. The Balaban J connectivity index is 1.15. The lowest BCUT2D eigenvalue weighted by Gasteiger charge is -2.63. The Morgan fingerprint density at radius 1 is 1.02 bits per heavy atom. The van der Waals surface area contributed by atoms with Gasteiger partial charge in [0.15, 0.2) is 17.6 Å². The molecule has 7 fully saturated rings. The van der Waals surface area contributed by atoms with Gasteiger partial charge >= 0.3 is 5.97 Å². The number of hydrogen-bond acceptors (Lipinski definition) is 11. The molecule has 7 aliphatic rings. The second kappa shape index (κ2) is 9.80. The molecule has 0 amide bonds. The van der Waals surface area contributed by atoms with Crippen LogP contribution in [0.3, 0.4) is 0 Å². The zero-order valence-electron chi connectivity index (χ0n) is 27.1. The molecule has 6 N–H and O–H groups in total. The van der Waals surface area contributed by atoms with Crippen LogP contribution in [0.4, 0.5) is 0 Å². The number of aliphatic hydroxyl groups excluding tert-OH is 2. The Bertz CT molecular complexity index is 1440. The van der Waals surface area contributed by atoms with Crippen LogP contribution in [0.2, 0.25) is 0 Å². The zero-order valence-corrected chi connectivity index (χ0v) is 27.1. The largest absolute Gasteiger partial charge is 0.504 e. The van der Waals surface area contributed by atoms with Crippen LogP contribution in [0.15, 0.2) is 18.2 Å². The van der Waals surface area contributed by atoms with Gasteiger partial charge in [-0.15, -0.1) is 0 Å². The minimum atomic E-state index is -1.81. The molecule has 15 atom stereocenters. The van der Waals surface area contributed by atoms with Crippen LogP contribution in [0.5, 0.6) is 11.5 Å². The Labute approximate surface area is 269 Å². The first-order valence-electron chi connectivity index (χ1n) is 17.2. The van der Waals surface area contributed by atoms with Crippen molar-refractivity contribution in [1.82, 2.24) is 4.90 Å². The molecule has 1 aromatic carbocycles. The summed E-state index contributed by atoms with van der Waals surface area (Å²) >= 11 is 0. The second-order valence-corrected chi connectivity index (χ2v) is 16.4. The number of ether oxygens (including phenoxy) is 3. The highest BCUT2D eigenvalue weighted by Gasteiger charge is 2.85. The number of methoxy groups -OCH3 is 1. The summed E-state index contributed by atoms with van der Waals surface area (Å²) in [6.07, 6.45) is 0.301. The second-order valence-electron chi connectivity index (χ2n) is 16.4. The van der Waals surface area contributed by atoms with Crippen molar-refractivity contribution in [2.45, 2.75) is 113 Å². The van der Waals surface area contributed by atoms with Crippen molar-refractivity contribution in [2.24, 2.45) is 40.9 Å². The first kappa shape index (κ1) is 31.3. The first-order valence-corrected chi connectivity index (χ1v) is 17.2. The fourth-order valence-corrected chi connectivity index (χ4v) is 12.5. The van der Waals surface area contributed by atoms with Crippen molar-refractivity contribution in [1.29, 1.82) is 0 Å². The Kier molecular flexibility index (Phi) is 6.67. The van der Waals surface area contributed by atoms with Crippen LogP contribution >= 0.6 is 0 Å². The Hall–Kier alpha value is -1.99. The molecule has 1 spiro atoms. The minimum absolute atomic E-state index is 0.107. The van der Waals surface area contributed by atoms with E-state index in [1.54, 1.807) is 6.92 Å². The molecule has 11 heteroatoms. The van der Waals surface area contributed by atoms with Crippen LogP contribution in [0, 0.1) is 40.9 Å². The van der Waals surface area contributed by atoms with Crippen LogP contribution in [-0.4, -0.2) is 109 Å². The monoisotopic (exact) mass is 643 g/mol. The molecular weight excluding hydrogens is 594 g/mol. The Morgan fingerprint density at radius 2 is 1.76 bits per heavy atom. The summed E-state index contributed by atoms with van der Waals surface area (Å²) in [6.45, 7) is 7.55. The highest BCUT2D eigenvalue weighted by molar-refractivity contribution is 5.90. The van der Waals surface area contributed by atoms with Gasteiger partial charge in [-0.25, -0.2) is 4.79 Å². The number of piperidine rings is 2. The third-order valence-electron chi connectivity index (χ3n) is 14.5. The number of phenols is 1. The fraction of sp³-hybridized carbons (Fsp3) is 0.800. The molecule has 8 rings (SSSR count). The predicted octanol–water partition coefficient (Wildman–Crippen LogP) is 1.79. The number of rotatable bonds is 3. The van der Waals surface area contributed by atoms with Gasteiger partial charge in [-0.3, -0.25) is 4.90 Å². The lowest BCUT2D eigenvalue weighted by Crippen LogP contribution is -2.76. The minimum Gasteiger partial charge on any atom is -0.504 e. The standard InChI is InChI=1S/C35H49NO10/c1-17-5-10-25-32(3,41)27-19(16-36(25)15-17)20-14-33-24(34(20,42)29(39)28(27)38)9-8-23-31(33,2)12-11-26(35(23,43)46-33)45-30(40)18-6-7-21(37)22(13-18)44-4/h6-7,13,17,19-20,23-29,37-39,41-43H,5,8-12,14-16H2,1-4H3/t17-,19-,20-,23-,24+,25-,26-,27+,28+,29-,31-,32+,33+,34-,35-/m0/s1. The van der Waals surface area contributed by atoms with Gasteiger partial charge in [-0.05, 0) is 87.8 Å². The molecule has 254 valence electrons. The SMILES string of the molecule is COc1cc(C(=O)O[C@H]2CC[C@@]3(C)[C@@H]4CC[C@H]5[C@]6(O)[C@@H](O)[C@H](O)[C@H]7[C@@H](CN8C[C@@H](C)CC[C@H]8[C@@]7(C)O)[C@@H]6C[C@@]53O[C@]24O)ccc1O. The molecule has 0 unspecified atom stereocenters. The summed E-state index contributed by atoms with van der Waals surface area (Å²) in [5.41, 5.74) is -4.38. The molecule has 0 radical (unpaired) electrons. The van der Waals surface area contributed by atoms with Gasteiger partial charge in [-0.1, -0.05) is 13.8 Å². The quantitative estimate of drug-likeness (QED) is 0.266. The molecule has 4 bridgehead atoms. The smallest absolute Gasteiger partial charge is 0.338 e. The summed E-state index contributed by atoms with van der Waals surface area (Å²) in [6, 6.07) is 4.05. The van der Waals surface area contributed by atoms with Gasteiger partial charge in [0.1, 0.15) is 11.7 Å². The van der Waals surface area contributed by atoms with E-state index in [2.05, 4.69) is 18.7 Å². The molecule has 11 nitrogen and oxygen atoms in total. The number of fused-ring (bicyclic) bond motifs is 5. The third-order valence-corrected chi connectivity index (χ3v) is 14.5. The maximum Gasteiger partial charge on any atom is 0.338 e. The van der Waals surface area contributed by atoms with Crippen LogP contribution in [-0.2, 0) is 9.47 Å². The molecule has 3 saturated heterocycles. The lowest BCUT2D eigenvalue weighted by atomic mass is 9.49. The summed E-state index contributed by atoms with van der Waals surface area (Å²) in [5.74, 6) is -4.32. The number of hydrogen-bond donors (Lipinski definition) is 6. The van der Waals surface area contributed by atoms with Crippen molar-refractivity contribution in [2.75, 3.05) is 20.2 Å². The van der Waals surface area contributed by atoms with Crippen molar-refractivity contribution in [3.63, 3.8) is 0 Å².